The Hall–Kier alpha value is -1.29. The van der Waals surface area contributed by atoms with Crippen LogP contribution in [0.2, 0.25) is 0 Å². The quantitative estimate of drug-likeness (QED) is 0.576. The normalized spacial score (nSPS) is 12.3. The van der Waals surface area contributed by atoms with E-state index in [2.05, 4.69) is 42.5 Å². The molecule has 1 atom stereocenters. The number of aliphatic hydroxyl groups is 1. The highest BCUT2D eigenvalue weighted by Gasteiger charge is 2.06. The molecule has 0 aliphatic carbocycles. The van der Waals surface area contributed by atoms with Crippen LogP contribution in [-0.2, 0) is 6.42 Å². The van der Waals surface area contributed by atoms with Crippen molar-refractivity contribution in [3.63, 3.8) is 0 Å². The molecule has 112 valence electrons. The number of hydrogen-bond donors (Lipinski definition) is 2. The molecule has 2 aromatic carbocycles. The number of hydrogen-bond acceptors (Lipinski definition) is 3. The number of benzene rings is 2. The van der Waals surface area contributed by atoms with Gasteiger partial charge in [0.1, 0.15) is 0 Å². The first-order valence-electron chi connectivity index (χ1n) is 7.44. The van der Waals surface area contributed by atoms with Gasteiger partial charge in [0.2, 0.25) is 0 Å². The molecule has 0 saturated heterocycles. The number of rotatable bonds is 8. The zero-order valence-corrected chi connectivity index (χ0v) is 13.1. The van der Waals surface area contributed by atoms with Gasteiger partial charge in [0.05, 0.1) is 6.10 Å². The molecule has 2 nitrogen and oxygen atoms in total. The maximum atomic E-state index is 9.98. The van der Waals surface area contributed by atoms with Gasteiger partial charge < -0.3 is 10.8 Å². The lowest BCUT2D eigenvalue weighted by Crippen LogP contribution is -2.06. The van der Waals surface area contributed by atoms with E-state index in [-0.39, 0.29) is 0 Å². The number of nitrogens with two attached hydrogens (primary N) is 1. The molecule has 0 spiro atoms. The Balaban J connectivity index is 1.79. The lowest BCUT2D eigenvalue weighted by atomic mass is 10.1. The summed E-state index contributed by atoms with van der Waals surface area (Å²) < 4.78 is 0. The van der Waals surface area contributed by atoms with Crippen molar-refractivity contribution < 1.29 is 5.11 Å². The van der Waals surface area contributed by atoms with E-state index in [1.54, 1.807) is 0 Å². The molecule has 0 amide bonds. The minimum absolute atomic E-state index is 0.445. The van der Waals surface area contributed by atoms with Gasteiger partial charge in [0.25, 0.3) is 0 Å². The Morgan fingerprint density at radius 2 is 1.86 bits per heavy atom. The molecule has 0 aliphatic rings. The van der Waals surface area contributed by atoms with Gasteiger partial charge in [0.15, 0.2) is 0 Å². The van der Waals surface area contributed by atoms with Crippen LogP contribution in [0.4, 0.5) is 0 Å². The van der Waals surface area contributed by atoms with Gasteiger partial charge in [0, 0.05) is 4.90 Å². The summed E-state index contributed by atoms with van der Waals surface area (Å²) >= 11 is 1.85. The fourth-order valence-corrected chi connectivity index (χ4v) is 3.17. The fourth-order valence-electron chi connectivity index (χ4n) is 2.25. The average molecular weight is 301 g/mol. The van der Waals surface area contributed by atoms with E-state index in [4.69, 9.17) is 5.73 Å². The second-order valence-electron chi connectivity index (χ2n) is 5.10. The summed E-state index contributed by atoms with van der Waals surface area (Å²) in [5, 5.41) is 9.98. The van der Waals surface area contributed by atoms with Gasteiger partial charge in [-0.3, -0.25) is 0 Å². The molecule has 1 unspecified atom stereocenters. The van der Waals surface area contributed by atoms with Crippen LogP contribution >= 0.6 is 11.8 Å². The first-order chi connectivity index (χ1) is 10.3. The van der Waals surface area contributed by atoms with Gasteiger partial charge in [-0.15, -0.1) is 11.8 Å². The van der Waals surface area contributed by atoms with E-state index >= 15 is 0 Å². The van der Waals surface area contributed by atoms with E-state index in [0.717, 1.165) is 24.2 Å². The second-order valence-corrected chi connectivity index (χ2v) is 6.27. The number of aryl methyl sites for hydroxylation is 1. The lowest BCUT2D eigenvalue weighted by Gasteiger charge is -2.11. The first kappa shape index (κ1) is 16.1. The topological polar surface area (TPSA) is 46.2 Å². The maximum Gasteiger partial charge on any atom is 0.0802 e. The summed E-state index contributed by atoms with van der Waals surface area (Å²) in [6.07, 6.45) is 2.44. The van der Waals surface area contributed by atoms with Crippen molar-refractivity contribution >= 4 is 11.8 Å². The molecule has 0 saturated carbocycles. The van der Waals surface area contributed by atoms with Crippen LogP contribution in [-0.4, -0.2) is 17.4 Å². The third kappa shape index (κ3) is 5.54. The highest BCUT2D eigenvalue weighted by atomic mass is 32.2. The molecule has 21 heavy (non-hydrogen) atoms. The zero-order valence-electron chi connectivity index (χ0n) is 12.2. The highest BCUT2D eigenvalue weighted by Crippen LogP contribution is 2.24. The van der Waals surface area contributed by atoms with Crippen LogP contribution < -0.4 is 5.73 Å². The Kier molecular flexibility index (Phi) is 6.80. The molecule has 0 radical (unpaired) electrons. The molecular formula is C18H23NOS. The largest absolute Gasteiger partial charge is 0.388 e. The third-order valence-electron chi connectivity index (χ3n) is 3.40. The van der Waals surface area contributed by atoms with Crippen molar-refractivity contribution in [2.45, 2.75) is 30.3 Å². The predicted octanol–water partition coefficient (Wildman–Crippen LogP) is 3.79. The van der Waals surface area contributed by atoms with Crippen LogP contribution in [0, 0.1) is 0 Å². The van der Waals surface area contributed by atoms with E-state index in [1.165, 1.54) is 10.5 Å². The molecule has 0 bridgehead atoms. The average Bonchev–Trinajstić information content (AvgIpc) is 2.53. The van der Waals surface area contributed by atoms with Crippen molar-refractivity contribution in [1.82, 2.24) is 0 Å². The van der Waals surface area contributed by atoms with Crippen LogP contribution in [0.3, 0.4) is 0 Å². The van der Waals surface area contributed by atoms with Gasteiger partial charge >= 0.3 is 0 Å². The molecule has 0 heterocycles. The number of thioether (sulfide) groups is 1. The van der Waals surface area contributed by atoms with Crippen LogP contribution in [0.5, 0.6) is 0 Å². The molecule has 0 fully saturated rings. The van der Waals surface area contributed by atoms with E-state index in [9.17, 15) is 5.11 Å². The summed E-state index contributed by atoms with van der Waals surface area (Å²) in [7, 11) is 0. The number of aliphatic hydroxyl groups excluding tert-OH is 1. The van der Waals surface area contributed by atoms with Crippen molar-refractivity contribution in [3.05, 3.63) is 65.7 Å². The van der Waals surface area contributed by atoms with Gasteiger partial charge in [-0.25, -0.2) is 0 Å². The SMILES string of the molecule is NCCC(O)c1cccc(SCCCc2ccccc2)c1. The minimum Gasteiger partial charge on any atom is -0.388 e. The molecule has 2 aromatic rings. The Morgan fingerprint density at radius 3 is 2.62 bits per heavy atom. The standard InChI is InChI=1S/C18H23NOS/c19-12-11-18(20)16-9-4-10-17(14-16)21-13-5-8-15-6-2-1-3-7-15/h1-4,6-7,9-10,14,18,20H,5,8,11-13,19H2. The third-order valence-corrected chi connectivity index (χ3v) is 4.48. The van der Waals surface area contributed by atoms with Crippen molar-refractivity contribution in [2.24, 2.45) is 5.73 Å². The van der Waals surface area contributed by atoms with Gasteiger partial charge in [-0.1, -0.05) is 42.5 Å². The van der Waals surface area contributed by atoms with Gasteiger partial charge in [-0.2, -0.15) is 0 Å². The summed E-state index contributed by atoms with van der Waals surface area (Å²) in [4.78, 5) is 1.22. The molecule has 2 rings (SSSR count). The molecule has 3 heteroatoms. The predicted molar refractivity (Wildman–Crippen MR) is 90.6 cm³/mol. The van der Waals surface area contributed by atoms with Crippen LogP contribution in [0.1, 0.15) is 30.1 Å². The monoisotopic (exact) mass is 301 g/mol. The first-order valence-corrected chi connectivity index (χ1v) is 8.43. The fraction of sp³-hybridized carbons (Fsp3) is 0.333. The summed E-state index contributed by atoms with van der Waals surface area (Å²) in [6, 6.07) is 18.7. The Morgan fingerprint density at radius 1 is 1.05 bits per heavy atom. The molecular weight excluding hydrogens is 278 g/mol. The highest BCUT2D eigenvalue weighted by molar-refractivity contribution is 7.99. The smallest absolute Gasteiger partial charge is 0.0802 e. The summed E-state index contributed by atoms with van der Waals surface area (Å²) in [5.41, 5.74) is 7.85. The van der Waals surface area contributed by atoms with Gasteiger partial charge in [-0.05, 0) is 54.8 Å². The maximum absolute atomic E-state index is 9.98. The lowest BCUT2D eigenvalue weighted by molar-refractivity contribution is 0.170. The van der Waals surface area contributed by atoms with E-state index in [0.29, 0.717) is 13.0 Å². The minimum atomic E-state index is -0.445. The van der Waals surface area contributed by atoms with Crippen molar-refractivity contribution in [1.29, 1.82) is 0 Å². The van der Waals surface area contributed by atoms with Crippen LogP contribution in [0.15, 0.2) is 59.5 Å². The van der Waals surface area contributed by atoms with Crippen molar-refractivity contribution in [3.8, 4) is 0 Å². The zero-order chi connectivity index (χ0) is 14.9. The molecule has 3 N–H and O–H groups in total. The second kappa shape index (κ2) is 8.88. The van der Waals surface area contributed by atoms with E-state index in [1.807, 2.05) is 23.9 Å². The summed E-state index contributed by atoms with van der Waals surface area (Å²) in [6.45, 7) is 0.510. The molecule has 0 aromatic heterocycles. The van der Waals surface area contributed by atoms with Crippen LogP contribution in [0.25, 0.3) is 0 Å². The van der Waals surface area contributed by atoms with Crippen molar-refractivity contribution in [2.75, 3.05) is 12.3 Å². The summed E-state index contributed by atoms with van der Waals surface area (Å²) in [5.74, 6) is 1.09. The molecule has 0 aliphatic heterocycles. The van der Waals surface area contributed by atoms with E-state index < -0.39 is 6.10 Å². The Bertz CT molecular complexity index is 530. The Labute approximate surface area is 131 Å².